The van der Waals surface area contributed by atoms with Crippen LogP contribution in [0.3, 0.4) is 0 Å². The van der Waals surface area contributed by atoms with Gasteiger partial charge in [-0.05, 0) is 25.1 Å². The normalized spacial score (nSPS) is 10.5. The van der Waals surface area contributed by atoms with Crippen LogP contribution in [0.1, 0.15) is 21.1 Å². The van der Waals surface area contributed by atoms with Crippen molar-refractivity contribution in [1.29, 1.82) is 0 Å². The summed E-state index contributed by atoms with van der Waals surface area (Å²) in [6, 6.07) is 10.2. The number of rotatable bonds is 9. The summed E-state index contributed by atoms with van der Waals surface area (Å²) in [5, 5.41) is 5.93. The van der Waals surface area contributed by atoms with E-state index in [9.17, 15) is 9.59 Å². The largest absolute Gasteiger partial charge is 0.495 e. The minimum absolute atomic E-state index is 0.307. The van der Waals surface area contributed by atoms with E-state index in [1.165, 1.54) is 32.0 Å². The Bertz CT molecular complexity index is 1120. The van der Waals surface area contributed by atoms with E-state index in [-0.39, 0.29) is 0 Å². The Balaban J connectivity index is 1.61. The molecule has 10 heteroatoms. The van der Waals surface area contributed by atoms with Crippen molar-refractivity contribution in [2.45, 2.75) is 17.6 Å². The van der Waals surface area contributed by atoms with Crippen molar-refractivity contribution in [2.24, 2.45) is 0 Å². The Kier molecular flexibility index (Phi) is 8.38. The second kappa shape index (κ2) is 11.2. The van der Waals surface area contributed by atoms with Crippen molar-refractivity contribution in [1.82, 2.24) is 4.98 Å². The molecule has 1 heterocycles. The Morgan fingerprint density at radius 1 is 1.16 bits per heavy atom. The molecule has 7 nitrogen and oxygen atoms in total. The minimum Gasteiger partial charge on any atom is -0.495 e. The standard InChI is InChI=1S/C22H21ClN2O5S2/c1-13-24-14(11-31-13)12-32-20-7-5-4-6-15(20)22(27)30-10-21(26)25-17-8-16(23)18(28-2)9-19(17)29-3/h4-9,11H,10,12H2,1-3H3,(H,25,26). The molecule has 32 heavy (non-hydrogen) atoms. The first-order valence-corrected chi connectivity index (χ1v) is 11.7. The van der Waals surface area contributed by atoms with Gasteiger partial charge >= 0.3 is 5.97 Å². The molecule has 1 aromatic heterocycles. The zero-order chi connectivity index (χ0) is 23.1. The van der Waals surface area contributed by atoms with Gasteiger partial charge in [0.2, 0.25) is 0 Å². The van der Waals surface area contributed by atoms with Crippen LogP contribution in [-0.2, 0) is 15.3 Å². The average molecular weight is 493 g/mol. The minimum atomic E-state index is -0.586. The van der Waals surface area contributed by atoms with Gasteiger partial charge in [-0.1, -0.05) is 23.7 Å². The summed E-state index contributed by atoms with van der Waals surface area (Å²) in [6.07, 6.45) is 0. The monoisotopic (exact) mass is 492 g/mol. The lowest BCUT2D eigenvalue weighted by atomic mass is 10.2. The van der Waals surface area contributed by atoms with Crippen LogP contribution in [0.25, 0.3) is 0 Å². The van der Waals surface area contributed by atoms with E-state index < -0.39 is 18.5 Å². The molecule has 168 valence electrons. The molecule has 0 aliphatic rings. The van der Waals surface area contributed by atoms with Crippen LogP contribution in [0.4, 0.5) is 5.69 Å². The summed E-state index contributed by atoms with van der Waals surface area (Å²) < 4.78 is 15.6. The molecule has 0 aliphatic heterocycles. The van der Waals surface area contributed by atoms with Gasteiger partial charge in [0.15, 0.2) is 6.61 Å². The molecule has 3 rings (SSSR count). The first-order valence-electron chi connectivity index (χ1n) is 9.42. The number of nitrogens with zero attached hydrogens (tertiary/aromatic N) is 1. The maximum Gasteiger partial charge on any atom is 0.339 e. The van der Waals surface area contributed by atoms with E-state index >= 15 is 0 Å². The van der Waals surface area contributed by atoms with Crippen LogP contribution in [0.2, 0.25) is 5.02 Å². The molecule has 0 atom stereocenters. The third kappa shape index (κ3) is 6.15. The number of thiazole rings is 1. The molecule has 3 aromatic rings. The molecule has 0 saturated heterocycles. The first kappa shape index (κ1) is 23.9. The molecule has 0 bridgehead atoms. The number of carbonyl (C=O) groups excluding carboxylic acids is 2. The fraction of sp³-hybridized carbons (Fsp3) is 0.227. The number of amides is 1. The third-order valence-electron chi connectivity index (χ3n) is 4.23. The van der Waals surface area contributed by atoms with Crippen LogP contribution < -0.4 is 14.8 Å². The molecule has 2 aromatic carbocycles. The van der Waals surface area contributed by atoms with Crippen molar-refractivity contribution < 1.29 is 23.8 Å². The highest BCUT2D eigenvalue weighted by Crippen LogP contribution is 2.36. The van der Waals surface area contributed by atoms with Gasteiger partial charge in [-0.25, -0.2) is 9.78 Å². The average Bonchev–Trinajstić information content (AvgIpc) is 3.21. The summed E-state index contributed by atoms with van der Waals surface area (Å²) >= 11 is 9.19. The molecular weight excluding hydrogens is 472 g/mol. The number of carbonyl (C=O) groups is 2. The molecule has 1 N–H and O–H groups in total. The van der Waals surface area contributed by atoms with Gasteiger partial charge in [-0.2, -0.15) is 0 Å². The van der Waals surface area contributed by atoms with Gasteiger partial charge in [0.1, 0.15) is 11.5 Å². The lowest BCUT2D eigenvalue weighted by Crippen LogP contribution is -2.21. The van der Waals surface area contributed by atoms with Crippen molar-refractivity contribution in [3.8, 4) is 11.5 Å². The van der Waals surface area contributed by atoms with E-state index in [4.69, 9.17) is 25.8 Å². The molecule has 0 aliphatic carbocycles. The Hall–Kier alpha value is -2.75. The molecule has 0 saturated carbocycles. The quantitative estimate of drug-likeness (QED) is 0.324. The number of esters is 1. The highest BCUT2D eigenvalue weighted by molar-refractivity contribution is 7.98. The summed E-state index contributed by atoms with van der Waals surface area (Å²) in [5.41, 5.74) is 1.68. The van der Waals surface area contributed by atoms with E-state index in [1.54, 1.807) is 29.5 Å². The van der Waals surface area contributed by atoms with Gasteiger partial charge in [0.05, 0.1) is 41.2 Å². The number of halogens is 1. The summed E-state index contributed by atoms with van der Waals surface area (Å²) in [7, 11) is 2.94. The Morgan fingerprint density at radius 3 is 2.59 bits per heavy atom. The highest BCUT2D eigenvalue weighted by atomic mass is 35.5. The van der Waals surface area contributed by atoms with E-state index in [0.717, 1.165) is 15.6 Å². The number of hydrogen-bond acceptors (Lipinski definition) is 8. The molecule has 1 amide bonds. The number of methoxy groups -OCH3 is 2. The molecule has 0 radical (unpaired) electrons. The fourth-order valence-corrected chi connectivity index (χ4v) is 4.63. The van der Waals surface area contributed by atoms with E-state index in [1.807, 2.05) is 24.4 Å². The van der Waals surface area contributed by atoms with Gasteiger partial charge in [0, 0.05) is 22.1 Å². The van der Waals surface area contributed by atoms with Crippen LogP contribution >= 0.6 is 34.7 Å². The summed E-state index contributed by atoms with van der Waals surface area (Å²) in [6.45, 7) is 1.49. The lowest BCUT2D eigenvalue weighted by Gasteiger charge is -2.13. The number of anilines is 1. The van der Waals surface area contributed by atoms with Crippen molar-refractivity contribution in [2.75, 3.05) is 26.1 Å². The molecule has 0 unspecified atom stereocenters. The van der Waals surface area contributed by atoms with E-state index in [0.29, 0.717) is 33.5 Å². The van der Waals surface area contributed by atoms with Crippen LogP contribution in [0.5, 0.6) is 11.5 Å². The highest BCUT2D eigenvalue weighted by Gasteiger charge is 2.17. The van der Waals surface area contributed by atoms with Crippen molar-refractivity contribution in [3.63, 3.8) is 0 Å². The van der Waals surface area contributed by atoms with Crippen molar-refractivity contribution in [3.05, 3.63) is 63.1 Å². The second-order valence-corrected chi connectivity index (χ2v) is 8.94. The zero-order valence-corrected chi connectivity index (χ0v) is 20.0. The van der Waals surface area contributed by atoms with Crippen molar-refractivity contribution >= 4 is 52.3 Å². The number of hydrogen-bond donors (Lipinski definition) is 1. The number of benzene rings is 2. The Morgan fingerprint density at radius 2 is 1.91 bits per heavy atom. The van der Waals surface area contributed by atoms with E-state index in [2.05, 4.69) is 10.3 Å². The van der Waals surface area contributed by atoms with Crippen LogP contribution in [0, 0.1) is 6.92 Å². The molecule has 0 spiro atoms. The maximum atomic E-state index is 12.6. The number of ether oxygens (including phenoxy) is 3. The molecular formula is C22H21ClN2O5S2. The van der Waals surface area contributed by atoms with Crippen LogP contribution in [-0.4, -0.2) is 37.7 Å². The van der Waals surface area contributed by atoms with Gasteiger partial charge in [-0.15, -0.1) is 23.1 Å². The third-order valence-corrected chi connectivity index (χ3v) is 6.46. The number of aromatic nitrogens is 1. The zero-order valence-electron chi connectivity index (χ0n) is 17.6. The number of aryl methyl sites for hydroxylation is 1. The smallest absolute Gasteiger partial charge is 0.339 e. The molecule has 0 fully saturated rings. The predicted molar refractivity (Wildman–Crippen MR) is 126 cm³/mol. The first-order chi connectivity index (χ1) is 15.4. The van der Waals surface area contributed by atoms with Gasteiger partial charge in [0.25, 0.3) is 5.91 Å². The number of thioether (sulfide) groups is 1. The SMILES string of the molecule is COc1cc(OC)c(NC(=O)COC(=O)c2ccccc2SCc2csc(C)n2)cc1Cl. The van der Waals surface area contributed by atoms with Gasteiger partial charge < -0.3 is 19.5 Å². The maximum absolute atomic E-state index is 12.6. The number of nitrogens with one attached hydrogen (secondary N) is 1. The Labute approximate surface area is 199 Å². The fourth-order valence-electron chi connectivity index (χ4n) is 2.74. The topological polar surface area (TPSA) is 86.8 Å². The van der Waals surface area contributed by atoms with Gasteiger partial charge in [-0.3, -0.25) is 4.79 Å². The summed E-state index contributed by atoms with van der Waals surface area (Å²) in [5.74, 6) is 0.297. The summed E-state index contributed by atoms with van der Waals surface area (Å²) in [4.78, 5) is 30.1. The van der Waals surface area contributed by atoms with Crippen LogP contribution in [0.15, 0.2) is 46.7 Å². The second-order valence-electron chi connectivity index (χ2n) is 6.45. The predicted octanol–water partition coefficient (Wildman–Crippen LogP) is 5.21. The lowest BCUT2D eigenvalue weighted by molar-refractivity contribution is -0.119.